The van der Waals surface area contributed by atoms with Gasteiger partial charge in [-0.05, 0) is 37.6 Å². The number of hydrogen-bond donors (Lipinski definition) is 1. The van der Waals surface area contributed by atoms with Gasteiger partial charge in [0.05, 0.1) is 5.54 Å². The van der Waals surface area contributed by atoms with Crippen LogP contribution in [-0.4, -0.2) is 35.5 Å². The lowest BCUT2D eigenvalue weighted by Crippen LogP contribution is -2.55. The van der Waals surface area contributed by atoms with Gasteiger partial charge in [-0.2, -0.15) is 0 Å². The summed E-state index contributed by atoms with van der Waals surface area (Å²) in [6.45, 7) is 5.14. The van der Waals surface area contributed by atoms with Crippen LogP contribution in [0.25, 0.3) is 0 Å². The number of halogens is 2. The lowest BCUT2D eigenvalue weighted by molar-refractivity contribution is -0.138. The molecule has 0 bridgehead atoms. The monoisotopic (exact) mass is 344 g/mol. The summed E-state index contributed by atoms with van der Waals surface area (Å²) in [4.78, 5) is 14.3. The Labute approximate surface area is 143 Å². The Morgan fingerprint density at radius 2 is 1.91 bits per heavy atom. The van der Waals surface area contributed by atoms with Crippen molar-refractivity contribution < 1.29 is 13.9 Å². The molecule has 23 heavy (non-hydrogen) atoms. The van der Waals surface area contributed by atoms with E-state index in [1.807, 2.05) is 11.8 Å². The minimum absolute atomic E-state index is 0. The molecule has 130 valence electrons. The summed E-state index contributed by atoms with van der Waals surface area (Å²) in [5, 5.41) is 0. The summed E-state index contributed by atoms with van der Waals surface area (Å²) in [6, 6.07) is 6.04. The van der Waals surface area contributed by atoms with Crippen molar-refractivity contribution in [1.29, 1.82) is 0 Å². The highest BCUT2D eigenvalue weighted by Crippen LogP contribution is 2.21. The van der Waals surface area contributed by atoms with Gasteiger partial charge in [0.25, 0.3) is 0 Å². The Morgan fingerprint density at radius 1 is 1.35 bits per heavy atom. The molecule has 1 amide bonds. The number of carbonyl (C=O) groups is 1. The predicted octanol–water partition coefficient (Wildman–Crippen LogP) is 3.13. The number of piperidine rings is 1. The lowest BCUT2D eigenvalue weighted by Gasteiger charge is -2.36. The van der Waals surface area contributed by atoms with Crippen molar-refractivity contribution in [2.75, 3.05) is 13.1 Å². The van der Waals surface area contributed by atoms with Gasteiger partial charge in [0.1, 0.15) is 17.7 Å². The van der Waals surface area contributed by atoms with E-state index in [0.29, 0.717) is 25.3 Å². The van der Waals surface area contributed by atoms with Crippen molar-refractivity contribution in [3.8, 4) is 5.75 Å². The number of amides is 1. The third-order valence-corrected chi connectivity index (χ3v) is 4.10. The first kappa shape index (κ1) is 19.7. The van der Waals surface area contributed by atoms with Gasteiger partial charge < -0.3 is 15.4 Å². The zero-order chi connectivity index (χ0) is 16.2. The fourth-order valence-corrected chi connectivity index (χ4v) is 2.87. The zero-order valence-corrected chi connectivity index (χ0v) is 14.6. The number of nitrogens with zero attached hydrogens (tertiary/aromatic N) is 1. The molecule has 0 aromatic heterocycles. The SMILES string of the molecule is CCCC(C)(N)C(=O)N1CCC(Oc2ccc(F)cc2)CC1.Cl. The van der Waals surface area contributed by atoms with Crippen molar-refractivity contribution in [2.45, 2.75) is 51.2 Å². The number of carbonyl (C=O) groups excluding carboxylic acids is 1. The van der Waals surface area contributed by atoms with Crippen molar-refractivity contribution in [2.24, 2.45) is 5.73 Å². The summed E-state index contributed by atoms with van der Waals surface area (Å²) >= 11 is 0. The van der Waals surface area contributed by atoms with Gasteiger partial charge in [0.15, 0.2) is 0 Å². The third kappa shape index (κ3) is 5.36. The minimum Gasteiger partial charge on any atom is -0.490 e. The molecule has 2 N–H and O–H groups in total. The maximum Gasteiger partial charge on any atom is 0.242 e. The van der Waals surface area contributed by atoms with Crippen molar-refractivity contribution >= 4 is 18.3 Å². The Balaban J connectivity index is 0.00000264. The van der Waals surface area contributed by atoms with E-state index < -0.39 is 5.54 Å². The molecule has 6 heteroatoms. The average molecular weight is 345 g/mol. The Hall–Kier alpha value is -1.33. The molecule has 1 unspecified atom stereocenters. The molecule has 2 rings (SSSR count). The molecule has 1 heterocycles. The zero-order valence-electron chi connectivity index (χ0n) is 13.8. The molecule has 1 saturated heterocycles. The molecule has 4 nitrogen and oxygen atoms in total. The quantitative estimate of drug-likeness (QED) is 0.892. The van der Waals surface area contributed by atoms with Crippen LogP contribution in [0.1, 0.15) is 39.5 Å². The average Bonchev–Trinajstić information content (AvgIpc) is 2.49. The molecule has 1 atom stereocenters. The van der Waals surface area contributed by atoms with Crippen LogP contribution in [0.2, 0.25) is 0 Å². The molecular formula is C17H26ClFN2O2. The van der Waals surface area contributed by atoms with Crippen LogP contribution in [0.15, 0.2) is 24.3 Å². The summed E-state index contributed by atoms with van der Waals surface area (Å²) in [6.07, 6.45) is 3.18. The second kappa shape index (κ2) is 8.50. The van der Waals surface area contributed by atoms with Crippen LogP contribution in [-0.2, 0) is 4.79 Å². The van der Waals surface area contributed by atoms with E-state index in [9.17, 15) is 9.18 Å². The molecule has 0 aliphatic carbocycles. The number of ether oxygens (including phenoxy) is 1. The molecule has 1 aromatic rings. The third-order valence-electron chi connectivity index (χ3n) is 4.10. The predicted molar refractivity (Wildman–Crippen MR) is 91.4 cm³/mol. The first-order valence-corrected chi connectivity index (χ1v) is 7.93. The fraction of sp³-hybridized carbons (Fsp3) is 0.588. The standard InChI is InChI=1S/C17H25FN2O2.ClH/c1-3-10-17(2,19)16(21)20-11-8-15(9-12-20)22-14-6-4-13(18)5-7-14;/h4-7,15H,3,8-12,19H2,1-2H3;1H. The van der Waals surface area contributed by atoms with Gasteiger partial charge in [-0.1, -0.05) is 13.3 Å². The van der Waals surface area contributed by atoms with Crippen molar-refractivity contribution in [3.63, 3.8) is 0 Å². The molecule has 1 aliphatic heterocycles. The van der Waals surface area contributed by atoms with E-state index in [2.05, 4.69) is 0 Å². The van der Waals surface area contributed by atoms with Crippen LogP contribution in [0, 0.1) is 5.82 Å². The molecule has 0 radical (unpaired) electrons. The molecule has 1 fully saturated rings. The van der Waals surface area contributed by atoms with E-state index in [0.717, 1.165) is 19.3 Å². The summed E-state index contributed by atoms with van der Waals surface area (Å²) in [5.41, 5.74) is 5.34. The summed E-state index contributed by atoms with van der Waals surface area (Å²) < 4.78 is 18.7. The van der Waals surface area contributed by atoms with E-state index in [-0.39, 0.29) is 30.2 Å². The number of rotatable bonds is 5. The van der Waals surface area contributed by atoms with E-state index in [1.165, 1.54) is 12.1 Å². The lowest BCUT2D eigenvalue weighted by atomic mass is 9.94. The largest absolute Gasteiger partial charge is 0.490 e. The van der Waals surface area contributed by atoms with Gasteiger partial charge >= 0.3 is 0 Å². The second-order valence-electron chi connectivity index (χ2n) is 6.23. The number of likely N-dealkylation sites (tertiary alicyclic amines) is 1. The topological polar surface area (TPSA) is 55.6 Å². The van der Waals surface area contributed by atoms with Gasteiger partial charge in [0.2, 0.25) is 5.91 Å². The van der Waals surface area contributed by atoms with Gasteiger partial charge in [-0.15, -0.1) is 12.4 Å². The fourth-order valence-electron chi connectivity index (χ4n) is 2.87. The van der Waals surface area contributed by atoms with Crippen LogP contribution in [0.5, 0.6) is 5.75 Å². The molecule has 1 aliphatic rings. The molecule has 0 spiro atoms. The summed E-state index contributed by atoms with van der Waals surface area (Å²) in [7, 11) is 0. The minimum atomic E-state index is -0.778. The first-order valence-electron chi connectivity index (χ1n) is 7.93. The van der Waals surface area contributed by atoms with Gasteiger partial charge in [-0.3, -0.25) is 4.79 Å². The number of nitrogens with two attached hydrogens (primary N) is 1. The maximum atomic E-state index is 12.9. The first-order chi connectivity index (χ1) is 10.4. The highest BCUT2D eigenvalue weighted by molar-refractivity contribution is 5.86. The van der Waals surface area contributed by atoms with Gasteiger partial charge in [0, 0.05) is 25.9 Å². The highest BCUT2D eigenvalue weighted by atomic mass is 35.5. The van der Waals surface area contributed by atoms with Crippen molar-refractivity contribution in [3.05, 3.63) is 30.1 Å². The molecule has 1 aromatic carbocycles. The Kier molecular flexibility index (Phi) is 7.29. The van der Waals surface area contributed by atoms with E-state index in [4.69, 9.17) is 10.5 Å². The number of hydrogen-bond acceptors (Lipinski definition) is 3. The van der Waals surface area contributed by atoms with Crippen LogP contribution >= 0.6 is 12.4 Å². The van der Waals surface area contributed by atoms with Crippen molar-refractivity contribution in [1.82, 2.24) is 4.90 Å². The normalized spacial score (nSPS) is 18.0. The van der Waals surface area contributed by atoms with E-state index in [1.54, 1.807) is 19.1 Å². The highest BCUT2D eigenvalue weighted by Gasteiger charge is 2.34. The summed E-state index contributed by atoms with van der Waals surface area (Å²) in [5.74, 6) is 0.418. The second-order valence-corrected chi connectivity index (χ2v) is 6.23. The number of benzene rings is 1. The molecular weight excluding hydrogens is 319 g/mol. The Morgan fingerprint density at radius 3 is 2.43 bits per heavy atom. The van der Waals surface area contributed by atoms with Gasteiger partial charge in [-0.25, -0.2) is 4.39 Å². The smallest absolute Gasteiger partial charge is 0.242 e. The van der Waals surface area contributed by atoms with Crippen LogP contribution in [0.3, 0.4) is 0 Å². The van der Waals surface area contributed by atoms with Crippen LogP contribution < -0.4 is 10.5 Å². The molecule has 0 saturated carbocycles. The Bertz CT molecular complexity index is 500. The van der Waals surface area contributed by atoms with E-state index >= 15 is 0 Å². The maximum absolute atomic E-state index is 12.9. The van der Waals surface area contributed by atoms with Crippen LogP contribution in [0.4, 0.5) is 4.39 Å².